The normalized spacial score (nSPS) is 11.8. The van der Waals surface area contributed by atoms with Gasteiger partial charge in [-0.2, -0.15) is 0 Å². The summed E-state index contributed by atoms with van der Waals surface area (Å²) in [5.74, 6) is 0. The summed E-state index contributed by atoms with van der Waals surface area (Å²) >= 11 is 3.75. The van der Waals surface area contributed by atoms with Gasteiger partial charge in [0.05, 0.1) is 0 Å². The van der Waals surface area contributed by atoms with Crippen molar-refractivity contribution in [3.63, 3.8) is 0 Å². The van der Waals surface area contributed by atoms with Crippen molar-refractivity contribution < 1.29 is 4.42 Å². The van der Waals surface area contributed by atoms with E-state index in [9.17, 15) is 0 Å². The minimum absolute atomic E-state index is 0.689. The van der Waals surface area contributed by atoms with E-state index in [-0.39, 0.29) is 0 Å². The lowest BCUT2D eigenvalue weighted by Gasteiger charge is -2.08. The van der Waals surface area contributed by atoms with Crippen molar-refractivity contribution >= 4 is 85.1 Å². The molecule has 0 aliphatic carbocycles. The number of thiophene rings is 2. The minimum atomic E-state index is 0.689. The van der Waals surface area contributed by atoms with E-state index in [1.165, 1.54) is 79.3 Å². The number of nitrogens with zero attached hydrogens (tertiary/aromatic N) is 2. The van der Waals surface area contributed by atoms with Crippen molar-refractivity contribution in [2.24, 2.45) is 0 Å². The van der Waals surface area contributed by atoms with Crippen LogP contribution in [0.1, 0.15) is 0 Å². The molecule has 4 heterocycles. The molecule has 0 saturated heterocycles. The maximum atomic E-state index is 6.63. The molecule has 4 aromatic heterocycles. The second kappa shape index (κ2) is 14.5. The third-order valence-corrected chi connectivity index (χ3v) is 15.0. The van der Waals surface area contributed by atoms with Crippen LogP contribution in [0.15, 0.2) is 211 Å². The van der Waals surface area contributed by atoms with E-state index >= 15 is 0 Å². The second-order valence-corrected chi connectivity index (χ2v) is 18.1. The zero-order valence-electron chi connectivity index (χ0n) is 33.7. The number of benzene rings is 9. The molecule has 0 spiro atoms. The van der Waals surface area contributed by atoms with Gasteiger partial charge in [0.15, 0.2) is 5.58 Å². The fourth-order valence-corrected chi connectivity index (χ4v) is 12.2. The molecule has 0 atom stereocenters. The molecule has 3 nitrogen and oxygen atoms in total. The molecule has 0 fully saturated rings. The predicted molar refractivity (Wildman–Crippen MR) is 268 cm³/mol. The van der Waals surface area contributed by atoms with Crippen LogP contribution in [0.2, 0.25) is 0 Å². The third-order valence-electron chi connectivity index (χ3n) is 12.4. The highest BCUT2D eigenvalue weighted by molar-refractivity contribution is 7.27. The summed E-state index contributed by atoms with van der Waals surface area (Å²) in [6.45, 7) is 0. The van der Waals surface area contributed by atoms with E-state index in [0.717, 1.165) is 44.4 Å². The van der Waals surface area contributed by atoms with Gasteiger partial charge in [0.2, 0.25) is 0 Å². The van der Waals surface area contributed by atoms with Crippen LogP contribution in [-0.4, -0.2) is 9.97 Å². The molecule has 13 rings (SSSR count). The average Bonchev–Trinajstić information content (AvgIpc) is 4.06. The molecule has 5 heteroatoms. The maximum absolute atomic E-state index is 6.63. The molecule has 0 unspecified atom stereocenters. The van der Waals surface area contributed by atoms with Gasteiger partial charge in [-0.15, -0.1) is 22.7 Å². The van der Waals surface area contributed by atoms with Crippen LogP contribution in [0.3, 0.4) is 0 Å². The molecule has 0 aliphatic rings. The Morgan fingerprint density at radius 3 is 1.29 bits per heavy atom. The molecule has 0 aliphatic heterocycles. The zero-order valence-corrected chi connectivity index (χ0v) is 35.4. The van der Waals surface area contributed by atoms with Crippen molar-refractivity contribution in [2.75, 3.05) is 0 Å². The summed E-state index contributed by atoms with van der Waals surface area (Å²) in [7, 11) is 0. The van der Waals surface area contributed by atoms with Crippen LogP contribution in [0, 0.1) is 0 Å². The highest BCUT2D eigenvalue weighted by Crippen LogP contribution is 2.46. The van der Waals surface area contributed by atoms with E-state index < -0.39 is 0 Å². The van der Waals surface area contributed by atoms with Gasteiger partial charge in [-0.1, -0.05) is 176 Å². The van der Waals surface area contributed by atoms with Gasteiger partial charge in [0.25, 0.3) is 0 Å². The van der Waals surface area contributed by atoms with Gasteiger partial charge >= 0.3 is 0 Å². The largest absolute Gasteiger partial charge is 0.452 e. The SMILES string of the molecule is c1ccc(-c2cccc3c2sc2c(-c4cccc(-c5ccc6oc7c(-c8cccc(-c9cccc%10c9sc9c(-c%11ccccc%11)cccc9%10)c8)ncnc7c6c5)c4)cccc23)cc1. The van der Waals surface area contributed by atoms with E-state index in [4.69, 9.17) is 14.4 Å². The molecular formula is C58H34N2OS2. The molecule has 294 valence electrons. The summed E-state index contributed by atoms with van der Waals surface area (Å²) in [4.78, 5) is 9.65. The van der Waals surface area contributed by atoms with Crippen molar-refractivity contribution in [1.82, 2.24) is 9.97 Å². The maximum Gasteiger partial charge on any atom is 0.180 e. The van der Waals surface area contributed by atoms with Crippen molar-refractivity contribution in [3.05, 3.63) is 207 Å². The first kappa shape index (κ1) is 36.0. The van der Waals surface area contributed by atoms with Gasteiger partial charge in [0, 0.05) is 51.3 Å². The topological polar surface area (TPSA) is 38.9 Å². The smallest absolute Gasteiger partial charge is 0.180 e. The summed E-state index contributed by atoms with van der Waals surface area (Å²) in [6.07, 6.45) is 1.67. The Balaban J connectivity index is 0.879. The summed E-state index contributed by atoms with van der Waals surface area (Å²) < 4.78 is 11.8. The Bertz CT molecular complexity index is 3920. The molecule has 0 amide bonds. The average molecular weight is 839 g/mol. The van der Waals surface area contributed by atoms with Crippen LogP contribution in [0.5, 0.6) is 0 Å². The Kier molecular flexibility index (Phi) is 8.26. The molecule has 0 radical (unpaired) electrons. The lowest BCUT2D eigenvalue weighted by molar-refractivity contribution is 0.667. The van der Waals surface area contributed by atoms with Gasteiger partial charge < -0.3 is 4.42 Å². The quantitative estimate of drug-likeness (QED) is 0.167. The zero-order chi connectivity index (χ0) is 41.4. The lowest BCUT2D eigenvalue weighted by atomic mass is 9.97. The summed E-state index contributed by atoms with van der Waals surface area (Å²) in [6, 6.07) is 72.1. The van der Waals surface area contributed by atoms with Gasteiger partial charge in [0.1, 0.15) is 23.1 Å². The van der Waals surface area contributed by atoms with Crippen LogP contribution < -0.4 is 0 Å². The first-order valence-corrected chi connectivity index (χ1v) is 22.7. The van der Waals surface area contributed by atoms with Crippen molar-refractivity contribution in [2.45, 2.75) is 0 Å². The predicted octanol–water partition coefficient (Wildman–Crippen LogP) is 17.1. The van der Waals surface area contributed by atoms with Crippen LogP contribution in [0.25, 0.3) is 129 Å². The van der Waals surface area contributed by atoms with Gasteiger partial charge in [-0.3, -0.25) is 0 Å². The standard InChI is InChI=1S/C58H34N2OS2/c1-3-13-35(14-4-1)42-21-9-25-46-48-27-11-23-44(57(48)62-55(42)46)39-18-7-17-37(31-39)38-29-30-51-50(33-38)53-54(61-51)52(59-34-60-53)41-20-8-19-40(32-41)45-24-12-28-49-47-26-10-22-43(56(47)63-58(45)49)36-15-5-2-6-16-36/h1-34H. The number of hydrogen-bond acceptors (Lipinski definition) is 5. The number of rotatable bonds is 6. The molecule has 63 heavy (non-hydrogen) atoms. The Hall–Kier alpha value is -7.70. The fourth-order valence-electron chi connectivity index (χ4n) is 9.45. The van der Waals surface area contributed by atoms with Crippen molar-refractivity contribution in [1.29, 1.82) is 0 Å². The summed E-state index contributed by atoms with van der Waals surface area (Å²) in [5.41, 5.74) is 16.1. The highest BCUT2D eigenvalue weighted by atomic mass is 32.1. The molecule has 0 bridgehead atoms. The third kappa shape index (κ3) is 5.85. The summed E-state index contributed by atoms with van der Waals surface area (Å²) in [5, 5.41) is 6.11. The highest BCUT2D eigenvalue weighted by Gasteiger charge is 2.19. The Morgan fingerprint density at radius 2 is 0.746 bits per heavy atom. The molecule has 0 N–H and O–H groups in total. The molecule has 13 aromatic rings. The van der Waals surface area contributed by atoms with Crippen LogP contribution in [0.4, 0.5) is 0 Å². The number of aromatic nitrogens is 2. The van der Waals surface area contributed by atoms with E-state index in [1.54, 1.807) is 6.33 Å². The molecule has 0 saturated carbocycles. The van der Waals surface area contributed by atoms with Gasteiger partial charge in [-0.05, 0) is 79.9 Å². The first-order chi connectivity index (χ1) is 31.2. The van der Waals surface area contributed by atoms with E-state index in [0.29, 0.717) is 5.58 Å². The monoisotopic (exact) mass is 838 g/mol. The molecular weight excluding hydrogens is 805 g/mol. The number of hydrogen-bond donors (Lipinski definition) is 0. The Labute approximate surface area is 370 Å². The number of furan rings is 1. The number of fused-ring (bicyclic) bond motifs is 9. The van der Waals surface area contributed by atoms with E-state index in [1.807, 2.05) is 22.7 Å². The fraction of sp³-hybridized carbons (Fsp3) is 0. The lowest BCUT2D eigenvalue weighted by Crippen LogP contribution is -1.88. The van der Waals surface area contributed by atoms with Gasteiger partial charge in [-0.25, -0.2) is 9.97 Å². The second-order valence-electron chi connectivity index (χ2n) is 16.0. The first-order valence-electron chi connectivity index (χ1n) is 21.1. The molecule has 9 aromatic carbocycles. The van der Waals surface area contributed by atoms with Crippen LogP contribution in [-0.2, 0) is 0 Å². The Morgan fingerprint density at radius 1 is 0.317 bits per heavy atom. The minimum Gasteiger partial charge on any atom is -0.452 e. The van der Waals surface area contributed by atoms with Crippen LogP contribution >= 0.6 is 22.7 Å². The van der Waals surface area contributed by atoms with Crippen molar-refractivity contribution in [3.8, 4) is 66.9 Å². The van der Waals surface area contributed by atoms with E-state index in [2.05, 4.69) is 200 Å².